The molecule has 0 saturated heterocycles. The largest absolute Gasteiger partial charge is 0.310 e. The van der Waals surface area contributed by atoms with Crippen LogP contribution in [0.2, 0.25) is 0 Å². The molecule has 1 fully saturated rings. The number of nitrogens with one attached hydrogen (secondary N) is 1. The molecule has 0 aromatic carbocycles. The van der Waals surface area contributed by atoms with Crippen molar-refractivity contribution in [2.24, 2.45) is 0 Å². The Morgan fingerprint density at radius 3 is 2.79 bits per heavy atom. The second-order valence-corrected chi connectivity index (χ2v) is 8.62. The highest BCUT2D eigenvalue weighted by atomic mass is 32.2. The third kappa shape index (κ3) is 4.19. The van der Waals surface area contributed by atoms with Gasteiger partial charge in [0.25, 0.3) is 0 Å². The maximum absolute atomic E-state index is 12.8. The first-order chi connectivity index (χ1) is 14.1. The van der Waals surface area contributed by atoms with E-state index in [0.717, 1.165) is 41.6 Å². The minimum atomic E-state index is -0.321. The Morgan fingerprint density at radius 2 is 2.10 bits per heavy atom. The fourth-order valence-corrected chi connectivity index (χ4v) is 4.01. The third-order valence-electron chi connectivity index (χ3n) is 5.08. The molecule has 0 unspecified atom stereocenters. The standard InChI is InChI=1S/C20H25N7OS/c1-4-13(2)27-17(9-11-22-27)23-19(28)14(3)29-20-25-24-18(26(20)16-7-8-16)15-6-5-10-21-12-15/h5-6,9-14,16H,4,7-8H2,1-3H3,(H,23,28)/t13-,14+/m0/s1. The Labute approximate surface area is 174 Å². The summed E-state index contributed by atoms with van der Waals surface area (Å²) >= 11 is 1.43. The number of anilines is 1. The van der Waals surface area contributed by atoms with E-state index in [-0.39, 0.29) is 17.2 Å². The monoisotopic (exact) mass is 411 g/mol. The SMILES string of the molecule is CC[C@H](C)n1nccc1NC(=O)[C@@H](C)Sc1nnc(-c2cccnc2)n1C1CC1. The lowest BCUT2D eigenvalue weighted by Gasteiger charge is -2.16. The lowest BCUT2D eigenvalue weighted by atomic mass is 10.3. The molecule has 152 valence electrons. The number of carbonyl (C=O) groups excluding carboxylic acids is 1. The van der Waals surface area contributed by atoms with Crippen molar-refractivity contribution in [1.29, 1.82) is 0 Å². The number of aromatic nitrogens is 6. The summed E-state index contributed by atoms with van der Waals surface area (Å²) in [5.41, 5.74) is 0.938. The van der Waals surface area contributed by atoms with Gasteiger partial charge in [-0.25, -0.2) is 4.68 Å². The third-order valence-corrected chi connectivity index (χ3v) is 6.13. The normalized spacial score (nSPS) is 15.8. The van der Waals surface area contributed by atoms with Crippen molar-refractivity contribution in [2.75, 3.05) is 5.32 Å². The number of carbonyl (C=O) groups is 1. The van der Waals surface area contributed by atoms with Gasteiger partial charge in [0.1, 0.15) is 5.82 Å². The highest BCUT2D eigenvalue weighted by Crippen LogP contribution is 2.41. The van der Waals surface area contributed by atoms with Crippen molar-refractivity contribution in [3.05, 3.63) is 36.8 Å². The second-order valence-electron chi connectivity index (χ2n) is 7.32. The van der Waals surface area contributed by atoms with Gasteiger partial charge < -0.3 is 5.32 Å². The lowest BCUT2D eigenvalue weighted by Crippen LogP contribution is -2.25. The number of pyridine rings is 1. The van der Waals surface area contributed by atoms with E-state index in [1.807, 2.05) is 29.8 Å². The predicted molar refractivity (Wildman–Crippen MR) is 113 cm³/mol. The van der Waals surface area contributed by atoms with Gasteiger partial charge in [-0.15, -0.1) is 10.2 Å². The van der Waals surface area contributed by atoms with Crippen LogP contribution in [0.4, 0.5) is 5.82 Å². The first-order valence-electron chi connectivity index (χ1n) is 9.94. The van der Waals surface area contributed by atoms with Crippen molar-refractivity contribution in [2.45, 2.75) is 62.5 Å². The van der Waals surface area contributed by atoms with Crippen LogP contribution in [0.1, 0.15) is 52.1 Å². The molecule has 0 radical (unpaired) electrons. The highest BCUT2D eigenvalue weighted by Gasteiger charge is 2.31. The zero-order valence-electron chi connectivity index (χ0n) is 16.8. The molecule has 8 nitrogen and oxygen atoms in total. The molecule has 2 atom stereocenters. The number of thioether (sulfide) groups is 1. The summed E-state index contributed by atoms with van der Waals surface area (Å²) in [6, 6.07) is 6.32. The Bertz CT molecular complexity index is 980. The minimum Gasteiger partial charge on any atom is -0.310 e. The van der Waals surface area contributed by atoms with Crippen LogP contribution in [0.25, 0.3) is 11.4 Å². The van der Waals surface area contributed by atoms with Gasteiger partial charge in [-0.1, -0.05) is 18.7 Å². The van der Waals surface area contributed by atoms with Crippen molar-refractivity contribution in [3.63, 3.8) is 0 Å². The zero-order valence-corrected chi connectivity index (χ0v) is 17.6. The first kappa shape index (κ1) is 19.6. The molecule has 1 N–H and O–H groups in total. The molecule has 3 heterocycles. The van der Waals surface area contributed by atoms with E-state index in [0.29, 0.717) is 6.04 Å². The Balaban J connectivity index is 1.50. The van der Waals surface area contributed by atoms with Gasteiger partial charge in [0.15, 0.2) is 11.0 Å². The van der Waals surface area contributed by atoms with E-state index in [9.17, 15) is 4.79 Å². The molecule has 4 rings (SSSR count). The predicted octanol–water partition coefficient (Wildman–Crippen LogP) is 3.96. The smallest absolute Gasteiger partial charge is 0.238 e. The molecule has 0 aliphatic heterocycles. The Kier molecular flexibility index (Phi) is 5.66. The van der Waals surface area contributed by atoms with E-state index in [1.54, 1.807) is 18.6 Å². The van der Waals surface area contributed by atoms with Crippen molar-refractivity contribution >= 4 is 23.5 Å². The van der Waals surface area contributed by atoms with E-state index in [1.165, 1.54) is 11.8 Å². The average molecular weight is 412 g/mol. The van der Waals surface area contributed by atoms with Crippen LogP contribution in [0.5, 0.6) is 0 Å². The van der Waals surface area contributed by atoms with Gasteiger partial charge in [-0.2, -0.15) is 5.10 Å². The van der Waals surface area contributed by atoms with Crippen LogP contribution in [0.3, 0.4) is 0 Å². The summed E-state index contributed by atoms with van der Waals surface area (Å²) in [6.07, 6.45) is 8.40. The number of amides is 1. The van der Waals surface area contributed by atoms with Gasteiger partial charge in [-0.05, 0) is 45.2 Å². The zero-order chi connectivity index (χ0) is 20.4. The van der Waals surface area contributed by atoms with Gasteiger partial charge in [-0.3, -0.25) is 14.3 Å². The van der Waals surface area contributed by atoms with Crippen LogP contribution in [-0.4, -0.2) is 40.7 Å². The molecule has 1 aliphatic rings. The summed E-state index contributed by atoms with van der Waals surface area (Å²) in [7, 11) is 0. The molecule has 1 saturated carbocycles. The van der Waals surface area contributed by atoms with Crippen LogP contribution in [0.15, 0.2) is 41.9 Å². The first-order valence-corrected chi connectivity index (χ1v) is 10.8. The molecule has 0 bridgehead atoms. The van der Waals surface area contributed by atoms with E-state index < -0.39 is 0 Å². The van der Waals surface area contributed by atoms with E-state index in [2.05, 4.69) is 44.0 Å². The topological polar surface area (TPSA) is 90.5 Å². The number of rotatable bonds is 8. The summed E-state index contributed by atoms with van der Waals surface area (Å²) in [6.45, 7) is 6.07. The lowest BCUT2D eigenvalue weighted by molar-refractivity contribution is -0.115. The second kappa shape index (κ2) is 8.36. The maximum atomic E-state index is 12.8. The number of hydrogen-bond acceptors (Lipinski definition) is 6. The van der Waals surface area contributed by atoms with E-state index >= 15 is 0 Å². The van der Waals surface area contributed by atoms with Crippen molar-refractivity contribution < 1.29 is 4.79 Å². The molecule has 3 aromatic rings. The molecule has 1 amide bonds. The number of nitrogens with zero attached hydrogens (tertiary/aromatic N) is 6. The fourth-order valence-electron chi connectivity index (χ4n) is 3.09. The Morgan fingerprint density at radius 1 is 1.28 bits per heavy atom. The van der Waals surface area contributed by atoms with Crippen LogP contribution in [0, 0.1) is 0 Å². The molecule has 9 heteroatoms. The van der Waals surface area contributed by atoms with Crippen LogP contribution in [-0.2, 0) is 4.79 Å². The molecular weight excluding hydrogens is 386 g/mol. The average Bonchev–Trinajstić information content (AvgIpc) is 3.33. The molecule has 1 aliphatic carbocycles. The molecular formula is C20H25N7OS. The summed E-state index contributed by atoms with van der Waals surface area (Å²) in [4.78, 5) is 17.0. The fraction of sp³-hybridized carbons (Fsp3) is 0.450. The Hall–Kier alpha value is -2.68. The molecule has 3 aromatic heterocycles. The van der Waals surface area contributed by atoms with Gasteiger partial charge in [0.05, 0.1) is 17.5 Å². The maximum Gasteiger partial charge on any atom is 0.238 e. The van der Waals surface area contributed by atoms with Crippen molar-refractivity contribution in [3.8, 4) is 11.4 Å². The molecule has 29 heavy (non-hydrogen) atoms. The van der Waals surface area contributed by atoms with Crippen molar-refractivity contribution in [1.82, 2.24) is 29.5 Å². The summed E-state index contributed by atoms with van der Waals surface area (Å²) < 4.78 is 4.00. The summed E-state index contributed by atoms with van der Waals surface area (Å²) in [5.74, 6) is 1.45. The quantitative estimate of drug-likeness (QED) is 0.564. The minimum absolute atomic E-state index is 0.0756. The van der Waals surface area contributed by atoms with Crippen LogP contribution < -0.4 is 5.32 Å². The van der Waals surface area contributed by atoms with E-state index in [4.69, 9.17) is 0 Å². The van der Waals surface area contributed by atoms with Crippen LogP contribution >= 0.6 is 11.8 Å². The molecule has 0 spiro atoms. The van der Waals surface area contributed by atoms with Gasteiger partial charge in [0.2, 0.25) is 5.91 Å². The highest BCUT2D eigenvalue weighted by molar-refractivity contribution is 8.00. The number of hydrogen-bond donors (Lipinski definition) is 1. The van der Waals surface area contributed by atoms with Gasteiger partial charge in [0, 0.05) is 30.1 Å². The van der Waals surface area contributed by atoms with Gasteiger partial charge >= 0.3 is 0 Å². The summed E-state index contributed by atoms with van der Waals surface area (Å²) in [5, 5.41) is 16.6.